The van der Waals surface area contributed by atoms with Crippen LogP contribution in [0.2, 0.25) is 0 Å². The maximum absolute atomic E-state index is 13.4. The third kappa shape index (κ3) is 39.1. The van der Waals surface area contributed by atoms with E-state index in [-0.39, 0.29) is 5.97 Å². The van der Waals surface area contributed by atoms with Gasteiger partial charge in [0, 0.05) is 26.0 Å². The SMILES string of the molecule is C=C(OCCCCCCCC/C=C\CCCCCCC)C(C[n+]1c(C)cc(C)cc1C)C(=O)OCCCCCCCC/C=C\CCCCCCC.F[P-](F)(F)(F)(F)F. The molecule has 0 bridgehead atoms. The monoisotopic (exact) mass is 854 g/mol. The third-order valence-corrected chi connectivity index (χ3v) is 10.1. The number of allylic oxidation sites excluding steroid dienone is 4. The van der Waals surface area contributed by atoms with Gasteiger partial charge in [-0.2, -0.15) is 4.57 Å². The molecule has 0 saturated heterocycles. The van der Waals surface area contributed by atoms with Crippen molar-refractivity contribution >= 4 is 13.8 Å². The van der Waals surface area contributed by atoms with Gasteiger partial charge in [0.1, 0.15) is 5.76 Å². The number of hydrogen-bond acceptors (Lipinski definition) is 3. The second-order valence-electron chi connectivity index (χ2n) is 16.1. The van der Waals surface area contributed by atoms with Crippen LogP contribution in [-0.2, 0) is 20.8 Å². The number of hydrogen-bond donors (Lipinski definition) is 0. The molecule has 1 unspecified atom stereocenters. The van der Waals surface area contributed by atoms with Crippen LogP contribution in [0.3, 0.4) is 0 Å². The van der Waals surface area contributed by atoms with Gasteiger partial charge < -0.3 is 9.47 Å². The number of carbonyl (C=O) groups excluding carboxylic acids is 1. The molecule has 0 amide bonds. The van der Waals surface area contributed by atoms with Gasteiger partial charge in [-0.05, 0) is 76.7 Å². The van der Waals surface area contributed by atoms with E-state index in [1.165, 1.54) is 147 Å². The number of nitrogens with zero attached hydrogens (tertiary/aromatic N) is 1. The van der Waals surface area contributed by atoms with Gasteiger partial charge in [-0.1, -0.05) is 147 Å². The summed E-state index contributed by atoms with van der Waals surface area (Å²) in [5.41, 5.74) is 3.49. The molecule has 4 nitrogen and oxygen atoms in total. The molecule has 0 aliphatic heterocycles. The Labute approximate surface area is 349 Å². The van der Waals surface area contributed by atoms with Crippen molar-refractivity contribution in [2.45, 2.75) is 208 Å². The van der Waals surface area contributed by atoms with Crippen LogP contribution in [0.5, 0.6) is 0 Å². The van der Waals surface area contributed by atoms with E-state index < -0.39 is 13.7 Å². The fourth-order valence-corrected chi connectivity index (χ4v) is 6.84. The fraction of sp³-hybridized carbons (Fsp3) is 0.745. The first-order valence-corrected chi connectivity index (χ1v) is 24.7. The Balaban J connectivity index is 0.00000422. The Morgan fingerprint density at radius 2 is 0.879 bits per heavy atom. The minimum atomic E-state index is -10.7. The van der Waals surface area contributed by atoms with Gasteiger partial charge in [0.25, 0.3) is 0 Å². The zero-order chi connectivity index (χ0) is 43.6. The van der Waals surface area contributed by atoms with Crippen LogP contribution >= 0.6 is 7.81 Å². The summed E-state index contributed by atoms with van der Waals surface area (Å²) in [6.07, 6.45) is 42.3. The van der Waals surface area contributed by atoms with E-state index >= 15 is 0 Å². The van der Waals surface area contributed by atoms with Gasteiger partial charge in [0.05, 0.1) is 13.2 Å². The molecule has 0 aromatic carbocycles. The van der Waals surface area contributed by atoms with Crippen molar-refractivity contribution in [1.29, 1.82) is 0 Å². The molecule has 1 atom stereocenters. The standard InChI is InChI=1S/C47H82NO3.F6P/c1-7-9-11-13-15-17-19-21-23-25-27-29-31-33-35-37-50-45(6)46(41-48-43(4)39-42(3)40-44(48)5)47(49)51-38-36-34-32-30-28-26-24-22-20-18-16-14-12-10-8-2;1-7(2,3,4,5)6/h19-22,39-40,46H,6-18,23-38,41H2,1-5H3;/q+1;-1/b21-19-,22-20-;. The van der Waals surface area contributed by atoms with Crippen molar-refractivity contribution in [3.05, 3.63) is 65.7 Å². The normalized spacial score (nSPS) is 13.6. The third-order valence-electron chi connectivity index (χ3n) is 10.1. The van der Waals surface area contributed by atoms with Gasteiger partial charge in [0.2, 0.25) is 0 Å². The van der Waals surface area contributed by atoms with Crippen LogP contribution in [0.25, 0.3) is 0 Å². The Morgan fingerprint density at radius 3 is 1.24 bits per heavy atom. The van der Waals surface area contributed by atoms with E-state index in [9.17, 15) is 30.0 Å². The molecular weight excluding hydrogens is 771 g/mol. The number of aryl methyl sites for hydroxylation is 3. The van der Waals surface area contributed by atoms with Crippen molar-refractivity contribution < 1.29 is 44.0 Å². The van der Waals surface area contributed by atoms with Crippen molar-refractivity contribution in [2.75, 3.05) is 13.2 Å². The number of unbranched alkanes of at least 4 members (excludes halogenated alkanes) is 22. The zero-order valence-corrected chi connectivity index (χ0v) is 38.0. The molecule has 0 aliphatic rings. The number of rotatable bonds is 35. The maximum atomic E-state index is 13.4. The molecule has 0 radical (unpaired) electrons. The van der Waals surface area contributed by atoms with Crippen LogP contribution in [-0.4, -0.2) is 19.2 Å². The number of esters is 1. The predicted molar refractivity (Wildman–Crippen MR) is 234 cm³/mol. The Bertz CT molecular complexity index is 1200. The summed E-state index contributed by atoms with van der Waals surface area (Å²) in [4.78, 5) is 13.4. The molecule has 0 spiro atoms. The number of pyridine rings is 1. The average molecular weight is 854 g/mol. The van der Waals surface area contributed by atoms with Gasteiger partial charge in [-0.25, -0.2) is 0 Å². The van der Waals surface area contributed by atoms with Gasteiger partial charge >= 0.3 is 39.0 Å². The van der Waals surface area contributed by atoms with E-state index in [4.69, 9.17) is 9.47 Å². The summed E-state index contributed by atoms with van der Waals surface area (Å²) in [5, 5.41) is 0. The molecule has 0 aliphatic carbocycles. The molecule has 11 heteroatoms. The summed E-state index contributed by atoms with van der Waals surface area (Å²) in [7, 11) is -10.7. The zero-order valence-electron chi connectivity index (χ0n) is 37.1. The minimum absolute atomic E-state index is 0.213. The van der Waals surface area contributed by atoms with Crippen molar-refractivity contribution in [3.8, 4) is 0 Å². The molecule has 1 aromatic rings. The van der Waals surface area contributed by atoms with Crippen LogP contribution in [0.4, 0.5) is 25.2 Å². The van der Waals surface area contributed by atoms with Crippen LogP contribution in [0.1, 0.15) is 198 Å². The summed E-state index contributed by atoms with van der Waals surface area (Å²) < 4.78 is 73.4. The van der Waals surface area contributed by atoms with E-state index in [0.717, 1.165) is 37.1 Å². The summed E-state index contributed by atoms with van der Waals surface area (Å²) >= 11 is 0. The number of carbonyl (C=O) groups is 1. The molecule has 1 rings (SSSR count). The molecule has 340 valence electrons. The number of halogens is 6. The predicted octanol–water partition coefficient (Wildman–Crippen LogP) is 17.3. The van der Waals surface area contributed by atoms with Crippen LogP contribution in [0, 0.1) is 26.7 Å². The average Bonchev–Trinajstić information content (AvgIpc) is 3.12. The molecule has 0 fully saturated rings. The molecule has 1 aromatic heterocycles. The Morgan fingerprint density at radius 1 is 0.569 bits per heavy atom. The van der Waals surface area contributed by atoms with Crippen LogP contribution in [0.15, 0.2) is 48.8 Å². The second-order valence-corrected chi connectivity index (χ2v) is 18.0. The first-order chi connectivity index (χ1) is 27.3. The van der Waals surface area contributed by atoms with Crippen molar-refractivity contribution in [2.24, 2.45) is 5.92 Å². The van der Waals surface area contributed by atoms with Crippen LogP contribution < -0.4 is 4.57 Å². The Kier molecular flexibility index (Phi) is 30.2. The summed E-state index contributed by atoms with van der Waals surface area (Å²) in [5.74, 6) is -0.187. The van der Waals surface area contributed by atoms with Gasteiger partial charge in [0.15, 0.2) is 23.9 Å². The first-order valence-electron chi connectivity index (χ1n) is 22.7. The molecule has 0 saturated carbocycles. The quantitative estimate of drug-likeness (QED) is 0.0130. The van der Waals surface area contributed by atoms with Crippen molar-refractivity contribution in [1.82, 2.24) is 0 Å². The fourth-order valence-electron chi connectivity index (χ4n) is 6.84. The molecule has 1 heterocycles. The van der Waals surface area contributed by atoms with Crippen molar-refractivity contribution in [3.63, 3.8) is 0 Å². The van der Waals surface area contributed by atoms with E-state index in [2.05, 4.69) is 82.2 Å². The van der Waals surface area contributed by atoms with E-state index in [0.29, 0.717) is 25.5 Å². The summed E-state index contributed by atoms with van der Waals surface area (Å²) in [6.45, 7) is 16.7. The molecular formula is C47H82F6NO3P. The van der Waals surface area contributed by atoms with E-state index in [1.54, 1.807) is 0 Å². The number of ether oxygens (including phenoxy) is 2. The van der Waals surface area contributed by atoms with Gasteiger partial charge in [-0.3, -0.25) is 4.79 Å². The Hall–Kier alpha value is -2.35. The topological polar surface area (TPSA) is 39.4 Å². The number of aromatic nitrogens is 1. The summed E-state index contributed by atoms with van der Waals surface area (Å²) in [6, 6.07) is 4.33. The van der Waals surface area contributed by atoms with E-state index in [1.807, 2.05) is 0 Å². The molecule has 0 N–H and O–H groups in total. The second kappa shape index (κ2) is 31.5. The molecule has 58 heavy (non-hydrogen) atoms. The first kappa shape index (κ1) is 55.7. The van der Waals surface area contributed by atoms with Gasteiger partial charge in [-0.15, -0.1) is 0 Å².